The predicted molar refractivity (Wildman–Crippen MR) is 67.2 cm³/mol. The molecule has 0 bridgehead atoms. The lowest BCUT2D eigenvalue weighted by Crippen LogP contribution is -1.83. The highest BCUT2D eigenvalue weighted by Crippen LogP contribution is 2.39. The van der Waals surface area contributed by atoms with Gasteiger partial charge in [0.2, 0.25) is 0 Å². The highest BCUT2D eigenvalue weighted by molar-refractivity contribution is 14.1. The van der Waals surface area contributed by atoms with E-state index in [1.54, 1.807) is 12.1 Å². The van der Waals surface area contributed by atoms with Crippen LogP contribution in [0.25, 0.3) is 10.1 Å². The molecule has 0 amide bonds. The maximum absolute atomic E-state index is 12.7. The first-order chi connectivity index (χ1) is 6.59. The normalized spacial score (nSPS) is 11.5. The zero-order valence-corrected chi connectivity index (χ0v) is 11.3. The lowest BCUT2D eigenvalue weighted by molar-refractivity contribution is 0.152. The largest absolute Gasteiger partial charge is 0.266 e. The van der Waals surface area contributed by atoms with Crippen LogP contribution in [-0.2, 0) is 0 Å². The Labute approximate surface area is 106 Å². The number of fused-ring (bicyclic) bond motifs is 1. The number of halogens is 4. The van der Waals surface area contributed by atoms with Crippen LogP contribution in [0.1, 0.15) is 12.0 Å². The molecule has 0 saturated carbocycles. The Kier molecular flexibility index (Phi) is 3.09. The van der Waals surface area contributed by atoms with E-state index in [-0.39, 0.29) is 5.56 Å². The van der Waals surface area contributed by atoms with Crippen LogP contribution in [0.5, 0.6) is 0 Å². The Bertz CT molecular complexity index is 481. The molecule has 14 heavy (non-hydrogen) atoms. The van der Waals surface area contributed by atoms with Crippen LogP contribution in [0.4, 0.5) is 8.78 Å². The second-order valence-corrected chi connectivity index (χ2v) is 6.51. The van der Waals surface area contributed by atoms with E-state index < -0.39 is 6.43 Å². The fourth-order valence-electron chi connectivity index (χ4n) is 1.26. The molecule has 0 saturated heterocycles. The highest BCUT2D eigenvalue weighted by Gasteiger charge is 2.18. The summed E-state index contributed by atoms with van der Waals surface area (Å²) in [6.45, 7) is 0. The molecule has 74 valence electrons. The third-order valence-corrected chi connectivity index (χ3v) is 4.56. The molecule has 0 spiro atoms. The van der Waals surface area contributed by atoms with Crippen molar-refractivity contribution >= 4 is 59.9 Å². The zero-order chi connectivity index (χ0) is 10.3. The van der Waals surface area contributed by atoms with Crippen LogP contribution in [0.3, 0.4) is 0 Å². The number of thiophene rings is 1. The minimum atomic E-state index is -2.39. The lowest BCUT2D eigenvalue weighted by Gasteiger charge is -1.97. The molecule has 0 unspecified atom stereocenters. The first-order valence-corrected chi connectivity index (χ1v) is 6.44. The van der Waals surface area contributed by atoms with Gasteiger partial charge in [-0.3, -0.25) is 0 Å². The molecule has 0 radical (unpaired) electrons. The first-order valence-electron chi connectivity index (χ1n) is 3.75. The summed E-state index contributed by atoms with van der Waals surface area (Å²) in [6.07, 6.45) is -2.39. The summed E-state index contributed by atoms with van der Waals surface area (Å²) >= 11 is 6.68. The van der Waals surface area contributed by atoms with E-state index in [1.165, 1.54) is 11.3 Å². The van der Waals surface area contributed by atoms with E-state index >= 15 is 0 Å². The van der Waals surface area contributed by atoms with Gasteiger partial charge in [-0.25, -0.2) is 8.78 Å². The van der Waals surface area contributed by atoms with Gasteiger partial charge in [-0.05, 0) is 34.7 Å². The van der Waals surface area contributed by atoms with Crippen LogP contribution in [-0.4, -0.2) is 0 Å². The minimum Gasteiger partial charge on any atom is -0.205 e. The summed E-state index contributed by atoms with van der Waals surface area (Å²) in [5, 5.41) is 0.664. The highest BCUT2D eigenvalue weighted by atomic mass is 127. The number of rotatable bonds is 1. The summed E-state index contributed by atoms with van der Waals surface area (Å²) in [5.74, 6) is 0. The number of benzene rings is 1. The van der Waals surface area contributed by atoms with Gasteiger partial charge in [0.15, 0.2) is 0 Å². The van der Waals surface area contributed by atoms with Crippen LogP contribution < -0.4 is 0 Å². The molecule has 0 aliphatic carbocycles. The van der Waals surface area contributed by atoms with Crippen molar-refractivity contribution in [3.05, 3.63) is 31.1 Å². The number of hydrogen-bond donors (Lipinski definition) is 0. The first kappa shape index (κ1) is 10.8. The fourth-order valence-corrected chi connectivity index (χ4v) is 3.99. The zero-order valence-electron chi connectivity index (χ0n) is 6.73. The van der Waals surface area contributed by atoms with Gasteiger partial charge in [-0.1, -0.05) is 22.0 Å². The van der Waals surface area contributed by atoms with Gasteiger partial charge in [0.25, 0.3) is 6.43 Å². The van der Waals surface area contributed by atoms with E-state index in [1.807, 2.05) is 28.7 Å². The summed E-state index contributed by atoms with van der Waals surface area (Å²) in [4.78, 5) is 0. The van der Waals surface area contributed by atoms with Crippen molar-refractivity contribution in [1.29, 1.82) is 0 Å². The monoisotopic (exact) mass is 388 g/mol. The molecule has 0 atom stereocenters. The number of hydrogen-bond acceptors (Lipinski definition) is 1. The minimum absolute atomic E-state index is 0.165. The van der Waals surface area contributed by atoms with E-state index in [4.69, 9.17) is 0 Å². The number of alkyl halides is 2. The van der Waals surface area contributed by atoms with Gasteiger partial charge in [-0.15, -0.1) is 11.3 Å². The van der Waals surface area contributed by atoms with Gasteiger partial charge in [0, 0.05) is 20.1 Å². The van der Waals surface area contributed by atoms with Gasteiger partial charge < -0.3 is 0 Å². The fraction of sp³-hybridized carbons (Fsp3) is 0.111. The lowest BCUT2D eigenvalue weighted by atomic mass is 10.2. The van der Waals surface area contributed by atoms with Crippen molar-refractivity contribution < 1.29 is 8.78 Å². The maximum atomic E-state index is 12.7. The Morgan fingerprint density at radius 2 is 2.07 bits per heavy atom. The Balaban J connectivity index is 2.77. The van der Waals surface area contributed by atoms with Crippen LogP contribution in [0.15, 0.2) is 22.7 Å². The van der Waals surface area contributed by atoms with Crippen molar-refractivity contribution in [2.45, 2.75) is 6.43 Å². The summed E-state index contributed by atoms with van der Waals surface area (Å²) in [5.41, 5.74) is 0.165. The third kappa shape index (κ3) is 1.81. The Hall–Kier alpha value is 0.250. The van der Waals surface area contributed by atoms with Gasteiger partial charge in [0.05, 0.1) is 2.88 Å². The molecule has 1 aromatic carbocycles. The topological polar surface area (TPSA) is 0 Å². The molecule has 0 nitrogen and oxygen atoms in total. The van der Waals surface area contributed by atoms with Crippen molar-refractivity contribution in [3.8, 4) is 0 Å². The van der Waals surface area contributed by atoms with E-state index in [9.17, 15) is 8.78 Å². The predicted octanol–water partition coefficient (Wildman–Crippen LogP) is 5.21. The van der Waals surface area contributed by atoms with Gasteiger partial charge in [-0.2, -0.15) is 0 Å². The van der Waals surface area contributed by atoms with E-state index in [2.05, 4.69) is 15.9 Å². The average molecular weight is 389 g/mol. The SMILES string of the molecule is FC(F)c1c(I)sc2cc(Br)ccc12. The van der Waals surface area contributed by atoms with Crippen molar-refractivity contribution in [3.63, 3.8) is 0 Å². The second kappa shape index (κ2) is 4.02. The Morgan fingerprint density at radius 1 is 1.36 bits per heavy atom. The van der Waals surface area contributed by atoms with Crippen LogP contribution >= 0.6 is 49.9 Å². The average Bonchev–Trinajstić information content (AvgIpc) is 2.39. The van der Waals surface area contributed by atoms with Crippen molar-refractivity contribution in [2.75, 3.05) is 0 Å². The molecule has 0 aliphatic rings. The molecular formula is C9H4BrF2IS. The van der Waals surface area contributed by atoms with Crippen LogP contribution in [0, 0.1) is 2.88 Å². The summed E-state index contributed by atoms with van der Waals surface area (Å²) in [7, 11) is 0. The molecule has 5 heteroatoms. The third-order valence-electron chi connectivity index (χ3n) is 1.86. The molecule has 0 fully saturated rings. The van der Waals surface area contributed by atoms with Gasteiger partial charge in [0.1, 0.15) is 0 Å². The van der Waals surface area contributed by atoms with E-state index in [0.717, 1.165) is 9.17 Å². The van der Waals surface area contributed by atoms with Gasteiger partial charge >= 0.3 is 0 Å². The molecule has 2 rings (SSSR count). The quantitative estimate of drug-likeness (QED) is 0.588. The Morgan fingerprint density at radius 3 is 2.71 bits per heavy atom. The summed E-state index contributed by atoms with van der Waals surface area (Å²) in [6, 6.07) is 5.39. The van der Waals surface area contributed by atoms with Crippen LogP contribution in [0.2, 0.25) is 0 Å². The molecule has 0 N–H and O–H groups in total. The molecule has 0 aliphatic heterocycles. The smallest absolute Gasteiger partial charge is 0.205 e. The molecule has 1 aromatic heterocycles. The standard InChI is InChI=1S/C9H4BrF2IS/c10-4-1-2-5-6(3-4)14-9(13)7(5)8(11)12/h1-3,8H. The molecular weight excluding hydrogens is 385 g/mol. The van der Waals surface area contributed by atoms with E-state index in [0.29, 0.717) is 8.27 Å². The maximum Gasteiger partial charge on any atom is 0.266 e. The second-order valence-electron chi connectivity index (χ2n) is 2.73. The van der Waals surface area contributed by atoms with Crippen molar-refractivity contribution in [1.82, 2.24) is 0 Å². The van der Waals surface area contributed by atoms with Crippen molar-refractivity contribution in [2.24, 2.45) is 0 Å². The molecule has 1 heterocycles. The molecule has 2 aromatic rings. The summed E-state index contributed by atoms with van der Waals surface area (Å²) < 4.78 is 27.9.